The van der Waals surface area contributed by atoms with E-state index >= 15 is 0 Å². The number of hydrogen-bond donors (Lipinski definition) is 2. The van der Waals surface area contributed by atoms with Crippen LogP contribution in [0.25, 0.3) is 0 Å². The molecule has 0 aliphatic heterocycles. The molecule has 2 N–H and O–H groups in total. The third-order valence-electron chi connectivity index (χ3n) is 2.71. The van der Waals surface area contributed by atoms with Crippen LogP contribution in [0.5, 0.6) is 0 Å². The van der Waals surface area contributed by atoms with Crippen LogP contribution >= 0.6 is 0 Å². The molecular weight excluding hydrogens is 320 g/mol. The first-order valence-corrected chi connectivity index (χ1v) is 8.28. The van der Waals surface area contributed by atoms with E-state index in [2.05, 4.69) is 0 Å². The molecule has 0 aromatic heterocycles. The van der Waals surface area contributed by atoms with E-state index in [4.69, 9.17) is 38.6 Å². The lowest BCUT2D eigenvalue weighted by molar-refractivity contribution is -0.122. The van der Waals surface area contributed by atoms with Crippen LogP contribution in [0, 0.1) is 0 Å². The van der Waals surface area contributed by atoms with Gasteiger partial charge in [0.25, 0.3) is 0 Å². The predicted molar refractivity (Wildman–Crippen MR) is 89.9 cm³/mol. The van der Waals surface area contributed by atoms with E-state index < -0.39 is 0 Å². The van der Waals surface area contributed by atoms with Crippen molar-refractivity contribution in [3.63, 3.8) is 0 Å². The van der Waals surface area contributed by atoms with Crippen molar-refractivity contribution in [3.8, 4) is 0 Å². The lowest BCUT2D eigenvalue weighted by Gasteiger charge is -2.10. The third kappa shape index (κ3) is 23.9. The van der Waals surface area contributed by atoms with E-state index in [1.807, 2.05) is 13.8 Å². The Bertz CT molecular complexity index is 218. The molecule has 0 aliphatic carbocycles. The van der Waals surface area contributed by atoms with Gasteiger partial charge in [-0.25, -0.2) is 0 Å². The van der Waals surface area contributed by atoms with Gasteiger partial charge in [0.15, 0.2) is 12.6 Å². The molecule has 2 unspecified atom stereocenters. The Labute approximate surface area is 145 Å². The van der Waals surface area contributed by atoms with E-state index in [0.717, 1.165) is 6.42 Å². The van der Waals surface area contributed by atoms with Crippen molar-refractivity contribution in [2.24, 2.45) is 0 Å². The van der Waals surface area contributed by atoms with Crippen LogP contribution in [-0.2, 0) is 28.4 Å². The maximum Gasteiger partial charge on any atom is 0.154 e. The van der Waals surface area contributed by atoms with Crippen LogP contribution in [0.4, 0.5) is 0 Å². The SMILES string of the molecule is COC(C)OCCCOCCCO.COC(C)OCCOCCO. The van der Waals surface area contributed by atoms with Gasteiger partial charge < -0.3 is 38.6 Å². The first-order chi connectivity index (χ1) is 11.6. The van der Waals surface area contributed by atoms with Gasteiger partial charge in [0, 0.05) is 34.0 Å². The average Bonchev–Trinajstić information content (AvgIpc) is 2.60. The first-order valence-electron chi connectivity index (χ1n) is 8.28. The van der Waals surface area contributed by atoms with Gasteiger partial charge in [0.1, 0.15) is 0 Å². The molecule has 0 heterocycles. The van der Waals surface area contributed by atoms with Crippen molar-refractivity contribution >= 4 is 0 Å². The summed E-state index contributed by atoms with van der Waals surface area (Å²) in [5.41, 5.74) is 0. The second-order valence-electron chi connectivity index (χ2n) is 4.73. The highest BCUT2D eigenvalue weighted by Crippen LogP contribution is 1.93. The van der Waals surface area contributed by atoms with Crippen molar-refractivity contribution in [1.29, 1.82) is 0 Å². The molecule has 0 bridgehead atoms. The zero-order valence-corrected chi connectivity index (χ0v) is 15.6. The van der Waals surface area contributed by atoms with Crippen molar-refractivity contribution in [2.75, 3.05) is 67.1 Å². The van der Waals surface area contributed by atoms with Crippen LogP contribution in [-0.4, -0.2) is 89.9 Å². The second kappa shape index (κ2) is 22.7. The summed E-state index contributed by atoms with van der Waals surface area (Å²) in [4.78, 5) is 0. The van der Waals surface area contributed by atoms with Gasteiger partial charge in [-0.1, -0.05) is 0 Å². The highest BCUT2D eigenvalue weighted by molar-refractivity contribution is 4.37. The summed E-state index contributed by atoms with van der Waals surface area (Å²) in [5, 5.41) is 16.8. The Morgan fingerprint density at radius 3 is 1.71 bits per heavy atom. The zero-order valence-electron chi connectivity index (χ0n) is 15.6. The molecule has 0 aromatic carbocycles. The Hall–Kier alpha value is -0.320. The summed E-state index contributed by atoms with van der Waals surface area (Å²) in [6, 6.07) is 0. The smallest absolute Gasteiger partial charge is 0.154 e. The molecule has 0 saturated carbocycles. The lowest BCUT2D eigenvalue weighted by atomic mass is 10.4. The molecule has 148 valence electrons. The topological polar surface area (TPSA) is 95.8 Å². The van der Waals surface area contributed by atoms with Crippen molar-refractivity contribution < 1.29 is 38.6 Å². The minimum atomic E-state index is -0.187. The van der Waals surface area contributed by atoms with E-state index in [0.29, 0.717) is 46.1 Å². The standard InChI is InChI=1S/C9H20O4.C7H16O4/c1-9(11-2)13-8-4-7-12-6-3-5-10;1-7(9-2)11-6-5-10-4-3-8/h9-10H,3-8H2,1-2H3;7-8H,3-6H2,1-2H3. The summed E-state index contributed by atoms with van der Waals surface area (Å²) in [7, 11) is 3.20. The summed E-state index contributed by atoms with van der Waals surface area (Å²) in [6.45, 7) is 7.21. The monoisotopic (exact) mass is 356 g/mol. The van der Waals surface area contributed by atoms with Gasteiger partial charge in [0.05, 0.1) is 33.0 Å². The van der Waals surface area contributed by atoms with E-state index in [-0.39, 0.29) is 25.8 Å². The first kappa shape index (κ1) is 25.9. The van der Waals surface area contributed by atoms with Gasteiger partial charge >= 0.3 is 0 Å². The summed E-state index contributed by atoms with van der Waals surface area (Å²) in [6.07, 6.45) is 1.24. The minimum absolute atomic E-state index is 0.0554. The molecule has 0 fully saturated rings. The number of ether oxygens (including phenoxy) is 6. The normalized spacial score (nSPS) is 13.2. The molecule has 8 heteroatoms. The summed E-state index contributed by atoms with van der Waals surface area (Å²) in [5.74, 6) is 0. The average molecular weight is 356 g/mol. The Morgan fingerprint density at radius 1 is 0.625 bits per heavy atom. The molecular formula is C16H36O8. The number of aliphatic hydroxyl groups excluding tert-OH is 2. The van der Waals surface area contributed by atoms with Gasteiger partial charge in [-0.3, -0.25) is 0 Å². The summed E-state index contributed by atoms with van der Waals surface area (Å²) >= 11 is 0. The Morgan fingerprint density at radius 2 is 1.17 bits per heavy atom. The van der Waals surface area contributed by atoms with Crippen LogP contribution < -0.4 is 0 Å². The van der Waals surface area contributed by atoms with Crippen LogP contribution in [0.15, 0.2) is 0 Å². The Kier molecular flexibility index (Phi) is 24.5. The fraction of sp³-hybridized carbons (Fsp3) is 1.00. The van der Waals surface area contributed by atoms with Gasteiger partial charge in [-0.2, -0.15) is 0 Å². The van der Waals surface area contributed by atoms with Gasteiger partial charge in [-0.05, 0) is 26.7 Å². The van der Waals surface area contributed by atoms with Crippen LogP contribution in [0.2, 0.25) is 0 Å². The molecule has 0 saturated heterocycles. The fourth-order valence-corrected chi connectivity index (χ4v) is 1.25. The van der Waals surface area contributed by atoms with Crippen molar-refractivity contribution in [2.45, 2.75) is 39.3 Å². The van der Waals surface area contributed by atoms with Crippen LogP contribution in [0.1, 0.15) is 26.7 Å². The molecule has 0 amide bonds. The lowest BCUT2D eigenvalue weighted by Crippen LogP contribution is -2.15. The largest absolute Gasteiger partial charge is 0.396 e. The highest BCUT2D eigenvalue weighted by Gasteiger charge is 1.97. The van der Waals surface area contributed by atoms with Crippen molar-refractivity contribution in [3.05, 3.63) is 0 Å². The molecule has 0 aliphatic rings. The van der Waals surface area contributed by atoms with E-state index in [9.17, 15) is 0 Å². The number of aliphatic hydroxyl groups is 2. The molecule has 0 radical (unpaired) electrons. The minimum Gasteiger partial charge on any atom is -0.396 e. The predicted octanol–water partition coefficient (Wildman–Crippen LogP) is 0.789. The summed E-state index contributed by atoms with van der Waals surface area (Å²) < 4.78 is 30.2. The highest BCUT2D eigenvalue weighted by atomic mass is 16.7. The maximum atomic E-state index is 8.45. The molecule has 8 nitrogen and oxygen atoms in total. The quantitative estimate of drug-likeness (QED) is 0.310. The fourth-order valence-electron chi connectivity index (χ4n) is 1.25. The van der Waals surface area contributed by atoms with Gasteiger partial charge in [-0.15, -0.1) is 0 Å². The van der Waals surface area contributed by atoms with E-state index in [1.54, 1.807) is 14.2 Å². The molecule has 0 rings (SSSR count). The second-order valence-corrected chi connectivity index (χ2v) is 4.73. The van der Waals surface area contributed by atoms with Crippen LogP contribution in [0.3, 0.4) is 0 Å². The van der Waals surface area contributed by atoms with E-state index in [1.165, 1.54) is 0 Å². The molecule has 24 heavy (non-hydrogen) atoms. The number of rotatable bonds is 16. The zero-order chi connectivity index (χ0) is 18.5. The van der Waals surface area contributed by atoms with Gasteiger partial charge in [0.2, 0.25) is 0 Å². The third-order valence-corrected chi connectivity index (χ3v) is 2.71. The number of methoxy groups -OCH3 is 2. The molecule has 0 aromatic rings. The molecule has 0 spiro atoms. The van der Waals surface area contributed by atoms with Crippen molar-refractivity contribution in [1.82, 2.24) is 0 Å². The molecule has 2 atom stereocenters. The maximum absolute atomic E-state index is 8.45. The number of hydrogen-bond acceptors (Lipinski definition) is 8. The Balaban J connectivity index is 0.